The van der Waals surface area contributed by atoms with Crippen LogP contribution in [0, 0.1) is 0 Å². The maximum atomic E-state index is 2.43. The summed E-state index contributed by atoms with van der Waals surface area (Å²) in [6.07, 6.45) is 0. The van der Waals surface area contributed by atoms with Crippen LogP contribution in [0.2, 0.25) is 0 Å². The standard InChI is InChI=1S/C64H49N/c1-63(2)58-24-10-7-21-54(58)56-37-31-45(40-60(56)63)42-27-33-49(34-28-42)65(50-35-29-43(30-36-50)46-32-38-57-55-22-8-11-25-59(55)64(3,4)61(57)41-46)62-26-12-9-20-53(62)48-18-13-17-47(39-48)52-23-14-16-44-15-5-6-19-51(44)52/h5-41H,1-4H3. The van der Waals surface area contributed by atoms with E-state index in [1.807, 2.05) is 0 Å². The van der Waals surface area contributed by atoms with Crippen molar-refractivity contribution in [3.05, 3.63) is 247 Å². The summed E-state index contributed by atoms with van der Waals surface area (Å²) in [4.78, 5) is 2.43. The Labute approximate surface area is 383 Å². The number of hydrogen-bond acceptors (Lipinski definition) is 1. The van der Waals surface area contributed by atoms with Gasteiger partial charge in [0.05, 0.1) is 5.69 Å². The molecule has 65 heavy (non-hydrogen) atoms. The Kier molecular flexibility index (Phi) is 8.94. The van der Waals surface area contributed by atoms with Crippen LogP contribution in [0.3, 0.4) is 0 Å². The lowest BCUT2D eigenvalue weighted by Gasteiger charge is -2.28. The first-order valence-electron chi connectivity index (χ1n) is 22.9. The van der Waals surface area contributed by atoms with Gasteiger partial charge >= 0.3 is 0 Å². The van der Waals surface area contributed by atoms with Crippen LogP contribution in [0.1, 0.15) is 49.9 Å². The fourth-order valence-electron chi connectivity index (χ4n) is 11.0. The fraction of sp³-hybridized carbons (Fsp3) is 0.0938. The second kappa shape index (κ2) is 14.9. The molecule has 0 bridgehead atoms. The molecule has 12 rings (SSSR count). The topological polar surface area (TPSA) is 3.24 Å². The second-order valence-corrected chi connectivity index (χ2v) is 18.9. The minimum absolute atomic E-state index is 0.0551. The van der Waals surface area contributed by atoms with E-state index in [4.69, 9.17) is 0 Å². The molecule has 0 spiro atoms. The molecule has 10 aromatic carbocycles. The van der Waals surface area contributed by atoms with E-state index in [-0.39, 0.29) is 10.8 Å². The summed E-state index contributed by atoms with van der Waals surface area (Å²) in [5, 5.41) is 2.51. The molecule has 2 aliphatic rings. The molecule has 2 aliphatic carbocycles. The van der Waals surface area contributed by atoms with Gasteiger partial charge in [-0.2, -0.15) is 0 Å². The van der Waals surface area contributed by atoms with Crippen LogP contribution in [0.5, 0.6) is 0 Å². The minimum atomic E-state index is -0.0551. The molecule has 0 amide bonds. The highest BCUT2D eigenvalue weighted by atomic mass is 15.1. The Morgan fingerprint density at radius 3 is 1.28 bits per heavy atom. The smallest absolute Gasteiger partial charge is 0.0540 e. The molecule has 0 saturated carbocycles. The molecule has 0 N–H and O–H groups in total. The van der Waals surface area contributed by atoms with Crippen LogP contribution in [0.15, 0.2) is 224 Å². The summed E-state index contributed by atoms with van der Waals surface area (Å²) in [6, 6.07) is 83.3. The van der Waals surface area contributed by atoms with E-state index in [2.05, 4.69) is 257 Å². The van der Waals surface area contributed by atoms with E-state index in [9.17, 15) is 0 Å². The number of fused-ring (bicyclic) bond motifs is 7. The van der Waals surface area contributed by atoms with E-state index in [0.29, 0.717) is 0 Å². The highest BCUT2D eigenvalue weighted by Gasteiger charge is 2.36. The molecule has 0 heterocycles. The van der Waals surface area contributed by atoms with E-state index in [1.54, 1.807) is 0 Å². The number of nitrogens with zero attached hydrogens (tertiary/aromatic N) is 1. The van der Waals surface area contributed by atoms with Crippen LogP contribution in [0.4, 0.5) is 17.1 Å². The van der Waals surface area contributed by atoms with Gasteiger partial charge in [-0.25, -0.2) is 0 Å². The van der Waals surface area contributed by atoms with Crippen LogP contribution in [0.25, 0.3) is 77.5 Å². The van der Waals surface area contributed by atoms with Crippen molar-refractivity contribution in [2.75, 3.05) is 4.90 Å². The van der Waals surface area contributed by atoms with Gasteiger partial charge in [0.1, 0.15) is 0 Å². The maximum absolute atomic E-state index is 2.43. The zero-order valence-electron chi connectivity index (χ0n) is 37.3. The molecule has 1 heteroatoms. The van der Waals surface area contributed by atoms with Crippen LogP contribution >= 0.6 is 0 Å². The average molecular weight is 832 g/mol. The molecular formula is C64H49N. The molecule has 1 nitrogen and oxygen atoms in total. The lowest BCUT2D eigenvalue weighted by Crippen LogP contribution is -2.14. The van der Waals surface area contributed by atoms with Crippen molar-refractivity contribution in [1.82, 2.24) is 0 Å². The number of anilines is 3. The van der Waals surface area contributed by atoms with Gasteiger partial charge in [-0.1, -0.05) is 204 Å². The lowest BCUT2D eigenvalue weighted by atomic mass is 9.81. The zero-order valence-corrected chi connectivity index (χ0v) is 37.3. The Morgan fingerprint density at radius 2 is 0.692 bits per heavy atom. The van der Waals surface area contributed by atoms with Gasteiger partial charge in [-0.3, -0.25) is 0 Å². The van der Waals surface area contributed by atoms with Gasteiger partial charge in [-0.15, -0.1) is 0 Å². The Morgan fingerprint density at radius 1 is 0.277 bits per heavy atom. The summed E-state index contributed by atoms with van der Waals surface area (Å²) in [7, 11) is 0. The number of para-hydroxylation sites is 1. The molecule has 10 aromatic rings. The normalized spacial score (nSPS) is 13.8. The van der Waals surface area contributed by atoms with Crippen molar-refractivity contribution in [3.8, 4) is 66.8 Å². The first-order chi connectivity index (χ1) is 31.7. The molecule has 0 radical (unpaired) electrons. The summed E-state index contributed by atoms with van der Waals surface area (Å²) < 4.78 is 0. The lowest BCUT2D eigenvalue weighted by molar-refractivity contribution is 0.660. The van der Waals surface area contributed by atoms with E-state index in [1.165, 1.54) is 99.8 Å². The average Bonchev–Trinajstić information content (AvgIpc) is 3.73. The van der Waals surface area contributed by atoms with Gasteiger partial charge in [0.25, 0.3) is 0 Å². The summed E-state index contributed by atoms with van der Waals surface area (Å²) >= 11 is 0. The molecule has 0 fully saturated rings. The van der Waals surface area contributed by atoms with Crippen LogP contribution < -0.4 is 4.90 Å². The fourth-order valence-corrected chi connectivity index (χ4v) is 11.0. The SMILES string of the molecule is CC1(C)c2ccccc2-c2ccc(-c3ccc(N(c4ccc(-c5ccc6c(c5)C(C)(C)c5ccccc5-6)cc4)c4ccccc4-c4cccc(-c5cccc6ccccc56)c4)cc3)cc21. The first-order valence-corrected chi connectivity index (χ1v) is 22.9. The molecule has 310 valence electrons. The van der Waals surface area contributed by atoms with Crippen molar-refractivity contribution < 1.29 is 0 Å². The van der Waals surface area contributed by atoms with Gasteiger partial charge in [0, 0.05) is 27.8 Å². The molecule has 0 aliphatic heterocycles. The van der Waals surface area contributed by atoms with E-state index in [0.717, 1.165) is 17.1 Å². The van der Waals surface area contributed by atoms with Crippen molar-refractivity contribution in [3.63, 3.8) is 0 Å². The highest BCUT2D eigenvalue weighted by Crippen LogP contribution is 2.51. The molecular weight excluding hydrogens is 783 g/mol. The van der Waals surface area contributed by atoms with Crippen LogP contribution in [-0.4, -0.2) is 0 Å². The van der Waals surface area contributed by atoms with Crippen molar-refractivity contribution >= 4 is 27.8 Å². The third-order valence-electron chi connectivity index (χ3n) is 14.5. The Balaban J connectivity index is 0.954. The highest BCUT2D eigenvalue weighted by molar-refractivity contribution is 5.98. The summed E-state index contributed by atoms with van der Waals surface area (Å²) in [5.74, 6) is 0. The van der Waals surface area contributed by atoms with Crippen molar-refractivity contribution in [2.24, 2.45) is 0 Å². The monoisotopic (exact) mass is 831 g/mol. The van der Waals surface area contributed by atoms with Crippen molar-refractivity contribution in [2.45, 2.75) is 38.5 Å². The zero-order chi connectivity index (χ0) is 43.9. The Hall–Kier alpha value is -7.74. The molecule has 0 atom stereocenters. The predicted molar refractivity (Wildman–Crippen MR) is 276 cm³/mol. The third kappa shape index (κ3) is 6.29. The largest absolute Gasteiger partial charge is 0.310 e. The van der Waals surface area contributed by atoms with Gasteiger partial charge in [0.2, 0.25) is 0 Å². The second-order valence-electron chi connectivity index (χ2n) is 18.9. The van der Waals surface area contributed by atoms with Gasteiger partial charge in [0.15, 0.2) is 0 Å². The first kappa shape index (κ1) is 38.9. The van der Waals surface area contributed by atoms with E-state index >= 15 is 0 Å². The number of hydrogen-bond donors (Lipinski definition) is 0. The van der Waals surface area contributed by atoms with E-state index < -0.39 is 0 Å². The quantitative estimate of drug-likeness (QED) is 0.155. The van der Waals surface area contributed by atoms with Gasteiger partial charge in [-0.05, 0) is 143 Å². The summed E-state index contributed by atoms with van der Waals surface area (Å²) in [6.45, 7) is 9.42. The minimum Gasteiger partial charge on any atom is -0.310 e. The predicted octanol–water partition coefficient (Wildman–Crippen LogP) is 17.6. The number of benzene rings is 10. The maximum Gasteiger partial charge on any atom is 0.0540 e. The number of rotatable bonds is 7. The molecule has 0 aromatic heterocycles. The van der Waals surface area contributed by atoms with Gasteiger partial charge < -0.3 is 4.90 Å². The molecule has 0 saturated heterocycles. The Bertz CT molecular complexity index is 3320. The molecule has 0 unspecified atom stereocenters. The van der Waals surface area contributed by atoms with Crippen LogP contribution in [-0.2, 0) is 10.8 Å². The third-order valence-corrected chi connectivity index (χ3v) is 14.5. The summed E-state index contributed by atoms with van der Waals surface area (Å²) in [5.41, 5.74) is 23.8. The van der Waals surface area contributed by atoms with Crippen molar-refractivity contribution in [1.29, 1.82) is 0 Å².